The second-order valence-electron chi connectivity index (χ2n) is 16.2. The molecule has 2 N–H and O–H groups in total. The van der Waals surface area contributed by atoms with Crippen molar-refractivity contribution >= 4 is 0 Å². The Bertz CT molecular complexity index is 1180. The van der Waals surface area contributed by atoms with Gasteiger partial charge in [0.1, 0.15) is 30.3 Å². The van der Waals surface area contributed by atoms with Gasteiger partial charge in [-0.3, -0.25) is 0 Å². The van der Waals surface area contributed by atoms with E-state index in [2.05, 4.69) is 51.1 Å². The lowest BCUT2D eigenvalue weighted by Crippen LogP contribution is -2.44. The Labute approximate surface area is 326 Å². The van der Waals surface area contributed by atoms with E-state index in [-0.39, 0.29) is 0 Å². The van der Waals surface area contributed by atoms with E-state index in [0.717, 1.165) is 24.3 Å². The van der Waals surface area contributed by atoms with E-state index in [1.807, 2.05) is 25.1 Å². The Balaban J connectivity index is 1.51. The van der Waals surface area contributed by atoms with Gasteiger partial charge in [-0.15, -0.1) is 0 Å². The Kier molecular flexibility index (Phi) is 23.5. The standard InChI is InChI=1S/C48H80O5/c1-5-9-11-13-15-17-18-19-20-21-23-25-30-40-31-27-34-43(36-40)52-46(47(50)45(49)8-4)38-48(39-51-48)53-44-35-28-33-42(37-44)41(29-7-3)32-26-24-22-16-14-12-10-6-2/h27-28,31,33-37,41,45-47,49-50H,5-26,29-30,32,38-39H2,1-4H3. The lowest BCUT2D eigenvalue weighted by molar-refractivity contribution is -0.0774. The van der Waals surface area contributed by atoms with Crippen LogP contribution in [0.2, 0.25) is 0 Å². The zero-order chi connectivity index (χ0) is 38.0. The second-order valence-corrected chi connectivity index (χ2v) is 16.2. The molecule has 0 aromatic heterocycles. The van der Waals surface area contributed by atoms with Gasteiger partial charge in [-0.25, -0.2) is 0 Å². The first-order valence-corrected chi connectivity index (χ1v) is 22.5. The highest BCUT2D eigenvalue weighted by molar-refractivity contribution is 5.32. The Morgan fingerprint density at radius 2 is 1.17 bits per heavy atom. The Hall–Kier alpha value is -2.08. The molecule has 3 rings (SSSR count). The third-order valence-corrected chi connectivity index (χ3v) is 11.4. The average molecular weight is 737 g/mol. The van der Waals surface area contributed by atoms with Gasteiger partial charge in [0.15, 0.2) is 0 Å². The molecule has 0 saturated carbocycles. The second kappa shape index (κ2) is 27.5. The van der Waals surface area contributed by atoms with Crippen LogP contribution in [-0.2, 0) is 11.2 Å². The molecule has 1 aliphatic rings. The molecule has 5 nitrogen and oxygen atoms in total. The van der Waals surface area contributed by atoms with Crippen molar-refractivity contribution in [2.75, 3.05) is 6.61 Å². The van der Waals surface area contributed by atoms with Crippen LogP contribution in [0.5, 0.6) is 11.5 Å². The van der Waals surface area contributed by atoms with Gasteiger partial charge < -0.3 is 24.4 Å². The van der Waals surface area contributed by atoms with Crippen LogP contribution in [0.25, 0.3) is 0 Å². The molecule has 1 aliphatic heterocycles. The van der Waals surface area contributed by atoms with Crippen molar-refractivity contribution in [3.05, 3.63) is 59.7 Å². The first-order chi connectivity index (χ1) is 25.9. The van der Waals surface area contributed by atoms with Crippen LogP contribution >= 0.6 is 0 Å². The highest BCUT2D eigenvalue weighted by Gasteiger charge is 2.52. The summed E-state index contributed by atoms with van der Waals surface area (Å²) >= 11 is 0. The fourth-order valence-electron chi connectivity index (χ4n) is 7.84. The summed E-state index contributed by atoms with van der Waals surface area (Å²) in [5.74, 6) is 1.17. The number of hydrogen-bond acceptors (Lipinski definition) is 5. The lowest BCUT2D eigenvalue weighted by atomic mass is 9.89. The number of rotatable bonds is 34. The van der Waals surface area contributed by atoms with Crippen molar-refractivity contribution in [2.24, 2.45) is 0 Å². The smallest absolute Gasteiger partial charge is 0.238 e. The lowest BCUT2D eigenvalue weighted by Gasteiger charge is -2.29. The minimum atomic E-state index is -1.06. The van der Waals surface area contributed by atoms with E-state index in [9.17, 15) is 10.2 Å². The number of hydrogen-bond donors (Lipinski definition) is 2. The molecule has 0 bridgehead atoms. The minimum absolute atomic E-state index is 0.328. The van der Waals surface area contributed by atoms with E-state index in [1.54, 1.807) is 0 Å². The molecule has 302 valence electrons. The Morgan fingerprint density at radius 3 is 1.74 bits per heavy atom. The van der Waals surface area contributed by atoms with Crippen molar-refractivity contribution in [1.82, 2.24) is 0 Å². The highest BCUT2D eigenvalue weighted by atomic mass is 16.8. The predicted octanol–water partition coefficient (Wildman–Crippen LogP) is 13.4. The van der Waals surface area contributed by atoms with Crippen LogP contribution in [0.3, 0.4) is 0 Å². The van der Waals surface area contributed by atoms with E-state index >= 15 is 0 Å². The first-order valence-electron chi connectivity index (χ1n) is 22.5. The normalized spacial score (nSPS) is 17.7. The molecule has 5 heteroatoms. The average Bonchev–Trinajstić information content (AvgIpc) is 3.93. The maximum atomic E-state index is 11.3. The number of ether oxygens (including phenoxy) is 3. The summed E-state index contributed by atoms with van der Waals surface area (Å²) in [4.78, 5) is 0. The largest absolute Gasteiger partial charge is 0.487 e. The number of aliphatic hydroxyl groups is 2. The van der Waals surface area contributed by atoms with Gasteiger partial charge >= 0.3 is 0 Å². The van der Waals surface area contributed by atoms with Crippen molar-refractivity contribution in [3.8, 4) is 11.5 Å². The molecule has 0 spiro atoms. The molecule has 1 heterocycles. The topological polar surface area (TPSA) is 71.5 Å². The summed E-state index contributed by atoms with van der Waals surface area (Å²) < 4.78 is 19.0. The number of epoxide rings is 1. The summed E-state index contributed by atoms with van der Waals surface area (Å²) in [5, 5.41) is 22.0. The summed E-state index contributed by atoms with van der Waals surface area (Å²) in [5.41, 5.74) is 2.58. The number of aryl methyl sites for hydroxylation is 1. The summed E-state index contributed by atoms with van der Waals surface area (Å²) in [7, 11) is 0. The number of aliphatic hydroxyl groups excluding tert-OH is 2. The van der Waals surface area contributed by atoms with Gasteiger partial charge in [-0.05, 0) is 73.4 Å². The zero-order valence-electron chi connectivity index (χ0n) is 34.6. The molecule has 0 radical (unpaired) electrons. The fourth-order valence-corrected chi connectivity index (χ4v) is 7.84. The molecule has 0 aliphatic carbocycles. The quantitative estimate of drug-likeness (QED) is 0.0553. The van der Waals surface area contributed by atoms with Crippen molar-refractivity contribution in [1.29, 1.82) is 0 Å². The highest BCUT2D eigenvalue weighted by Crippen LogP contribution is 2.39. The maximum Gasteiger partial charge on any atom is 0.238 e. The van der Waals surface area contributed by atoms with E-state index < -0.39 is 24.1 Å². The molecule has 5 atom stereocenters. The molecule has 1 fully saturated rings. The van der Waals surface area contributed by atoms with E-state index in [0.29, 0.717) is 25.4 Å². The van der Waals surface area contributed by atoms with Crippen LogP contribution in [0.4, 0.5) is 0 Å². The monoisotopic (exact) mass is 737 g/mol. The molecule has 2 aromatic rings. The fraction of sp³-hybridized carbons (Fsp3) is 0.750. The van der Waals surface area contributed by atoms with Crippen LogP contribution in [0.15, 0.2) is 48.5 Å². The SMILES string of the molecule is CCCCCCCCCCCCCCc1cccc(OC(CC2(Oc3cccc(C(CCC)CCCCCCCCCC)c3)CO2)C(O)C(O)CC)c1. The Morgan fingerprint density at radius 1 is 0.623 bits per heavy atom. The van der Waals surface area contributed by atoms with Gasteiger partial charge in [-0.1, -0.05) is 180 Å². The van der Waals surface area contributed by atoms with Gasteiger partial charge in [0.2, 0.25) is 5.79 Å². The van der Waals surface area contributed by atoms with Crippen LogP contribution in [0.1, 0.15) is 205 Å². The van der Waals surface area contributed by atoms with Gasteiger partial charge in [0.25, 0.3) is 0 Å². The van der Waals surface area contributed by atoms with Crippen LogP contribution < -0.4 is 9.47 Å². The summed E-state index contributed by atoms with van der Waals surface area (Å²) in [6.45, 7) is 9.15. The molecule has 5 unspecified atom stereocenters. The predicted molar refractivity (Wildman–Crippen MR) is 223 cm³/mol. The number of unbranched alkanes of at least 4 members (excludes halogenated alkanes) is 18. The van der Waals surface area contributed by atoms with Crippen molar-refractivity contribution in [3.63, 3.8) is 0 Å². The zero-order valence-corrected chi connectivity index (χ0v) is 34.6. The van der Waals surface area contributed by atoms with Gasteiger partial charge in [-0.2, -0.15) is 0 Å². The molecular weight excluding hydrogens is 657 g/mol. The minimum Gasteiger partial charge on any atom is -0.487 e. The number of benzene rings is 2. The van der Waals surface area contributed by atoms with Gasteiger partial charge in [0.05, 0.1) is 12.5 Å². The summed E-state index contributed by atoms with van der Waals surface area (Å²) in [6, 6.07) is 16.8. The molecule has 53 heavy (non-hydrogen) atoms. The third-order valence-electron chi connectivity index (χ3n) is 11.4. The van der Waals surface area contributed by atoms with Crippen LogP contribution in [0, 0.1) is 0 Å². The van der Waals surface area contributed by atoms with E-state index in [1.165, 1.54) is 152 Å². The molecular formula is C48H80O5. The first kappa shape index (κ1) is 45.3. The maximum absolute atomic E-state index is 11.3. The summed E-state index contributed by atoms with van der Waals surface area (Å²) in [6.07, 6.45) is 29.6. The van der Waals surface area contributed by atoms with E-state index in [4.69, 9.17) is 14.2 Å². The van der Waals surface area contributed by atoms with Crippen LogP contribution in [-0.4, -0.2) is 40.9 Å². The van der Waals surface area contributed by atoms with Gasteiger partial charge in [0, 0.05) is 0 Å². The van der Waals surface area contributed by atoms with Crippen molar-refractivity contribution < 1.29 is 24.4 Å². The third kappa shape index (κ3) is 18.9. The molecule has 2 aromatic carbocycles. The molecule has 0 amide bonds. The van der Waals surface area contributed by atoms with Crippen molar-refractivity contribution in [2.45, 2.75) is 225 Å². The molecule has 1 saturated heterocycles.